The molecule has 0 bridgehead atoms. The van der Waals surface area contributed by atoms with Crippen LogP contribution in [0.25, 0.3) is 21.8 Å². The molecule has 4 aromatic rings. The molecule has 0 N–H and O–H groups in total. The van der Waals surface area contributed by atoms with Crippen molar-refractivity contribution in [2.24, 2.45) is 0 Å². The Morgan fingerprint density at radius 1 is 0.906 bits per heavy atom. The van der Waals surface area contributed by atoms with Crippen LogP contribution in [0.1, 0.15) is 5.82 Å². The maximum atomic E-state index is 13.2. The number of carbonyl (C=O) groups excluding carboxylic acids is 1. The average Bonchev–Trinajstić information content (AvgIpc) is 3.13. The van der Waals surface area contributed by atoms with E-state index in [2.05, 4.69) is 4.98 Å². The third-order valence-corrected chi connectivity index (χ3v) is 7.98. The van der Waals surface area contributed by atoms with E-state index in [9.17, 15) is 13.2 Å². The first kappa shape index (κ1) is 20.7. The molecule has 1 fully saturated rings. The Morgan fingerprint density at radius 3 is 2.38 bits per heavy atom. The summed E-state index contributed by atoms with van der Waals surface area (Å²) in [6.45, 7) is 3.40. The number of hydrogen-bond donors (Lipinski definition) is 0. The minimum atomic E-state index is -3.61. The number of para-hydroxylation sites is 2. The van der Waals surface area contributed by atoms with Gasteiger partial charge in [-0.1, -0.05) is 42.5 Å². The van der Waals surface area contributed by atoms with Gasteiger partial charge in [-0.25, -0.2) is 13.4 Å². The summed E-state index contributed by atoms with van der Waals surface area (Å²) in [6, 6.07) is 20.6. The molecule has 8 heteroatoms. The second-order valence-corrected chi connectivity index (χ2v) is 9.97. The van der Waals surface area contributed by atoms with Crippen LogP contribution in [0.3, 0.4) is 0 Å². The van der Waals surface area contributed by atoms with Crippen molar-refractivity contribution in [3.8, 4) is 0 Å². The molecule has 0 unspecified atom stereocenters. The van der Waals surface area contributed by atoms with E-state index < -0.39 is 10.0 Å². The van der Waals surface area contributed by atoms with Gasteiger partial charge in [0.1, 0.15) is 12.4 Å². The van der Waals surface area contributed by atoms with E-state index in [-0.39, 0.29) is 30.4 Å². The monoisotopic (exact) mass is 448 g/mol. The van der Waals surface area contributed by atoms with Crippen molar-refractivity contribution in [2.75, 3.05) is 26.2 Å². The summed E-state index contributed by atoms with van der Waals surface area (Å²) in [6.07, 6.45) is 0. The molecule has 1 aliphatic rings. The molecule has 32 heavy (non-hydrogen) atoms. The van der Waals surface area contributed by atoms with Crippen LogP contribution in [0.2, 0.25) is 0 Å². The molecule has 1 saturated heterocycles. The largest absolute Gasteiger partial charge is 0.339 e. The van der Waals surface area contributed by atoms with E-state index in [1.165, 1.54) is 4.31 Å². The molecule has 0 atom stereocenters. The molecule has 5 rings (SSSR count). The van der Waals surface area contributed by atoms with Gasteiger partial charge in [-0.15, -0.1) is 0 Å². The summed E-state index contributed by atoms with van der Waals surface area (Å²) >= 11 is 0. The van der Waals surface area contributed by atoms with E-state index in [0.717, 1.165) is 27.6 Å². The Bertz CT molecular complexity index is 1420. The first-order valence-electron chi connectivity index (χ1n) is 10.6. The van der Waals surface area contributed by atoms with Crippen molar-refractivity contribution in [3.63, 3.8) is 0 Å². The summed E-state index contributed by atoms with van der Waals surface area (Å²) in [5.41, 5.74) is 1.79. The van der Waals surface area contributed by atoms with Crippen molar-refractivity contribution in [1.29, 1.82) is 0 Å². The number of rotatable bonds is 4. The lowest BCUT2D eigenvalue weighted by Gasteiger charge is -2.34. The molecular formula is C24H24N4O3S. The van der Waals surface area contributed by atoms with Crippen LogP contribution in [0.15, 0.2) is 71.6 Å². The number of sulfonamides is 1. The SMILES string of the molecule is Cc1nc2ccccc2n1CC(=O)N1CCN(S(=O)(=O)c2ccc3ccccc3c2)CC1. The second-order valence-electron chi connectivity index (χ2n) is 8.03. The van der Waals surface area contributed by atoms with Gasteiger partial charge in [-0.3, -0.25) is 4.79 Å². The number of nitrogens with zero attached hydrogens (tertiary/aromatic N) is 4. The number of carbonyl (C=O) groups is 1. The van der Waals surface area contributed by atoms with Crippen LogP contribution >= 0.6 is 0 Å². The number of amides is 1. The zero-order valence-corrected chi connectivity index (χ0v) is 18.6. The second kappa shape index (κ2) is 8.03. The van der Waals surface area contributed by atoms with E-state index in [0.29, 0.717) is 13.1 Å². The van der Waals surface area contributed by atoms with Crippen LogP contribution < -0.4 is 0 Å². The van der Waals surface area contributed by atoms with Crippen molar-refractivity contribution < 1.29 is 13.2 Å². The molecule has 164 valence electrons. The van der Waals surface area contributed by atoms with Crippen LogP contribution in [0, 0.1) is 6.92 Å². The maximum Gasteiger partial charge on any atom is 0.243 e. The smallest absolute Gasteiger partial charge is 0.243 e. The Labute approximate surface area is 186 Å². The van der Waals surface area contributed by atoms with Crippen molar-refractivity contribution in [3.05, 3.63) is 72.6 Å². The lowest BCUT2D eigenvalue weighted by atomic mass is 10.1. The Balaban J connectivity index is 1.28. The highest BCUT2D eigenvalue weighted by Gasteiger charge is 2.30. The minimum absolute atomic E-state index is 0.0287. The van der Waals surface area contributed by atoms with Crippen LogP contribution in [0.4, 0.5) is 0 Å². The molecule has 2 heterocycles. The Hall–Kier alpha value is -3.23. The topological polar surface area (TPSA) is 75.5 Å². The summed E-state index contributed by atoms with van der Waals surface area (Å²) in [5, 5.41) is 1.90. The minimum Gasteiger partial charge on any atom is -0.339 e. The number of piperazine rings is 1. The maximum absolute atomic E-state index is 13.2. The summed E-state index contributed by atoms with van der Waals surface area (Å²) in [4.78, 5) is 19.5. The van der Waals surface area contributed by atoms with Gasteiger partial charge in [-0.2, -0.15) is 4.31 Å². The molecule has 0 spiro atoms. The highest BCUT2D eigenvalue weighted by atomic mass is 32.2. The quantitative estimate of drug-likeness (QED) is 0.481. The fourth-order valence-corrected chi connectivity index (χ4v) is 5.74. The van der Waals surface area contributed by atoms with Crippen molar-refractivity contribution >= 4 is 37.7 Å². The molecule has 0 aliphatic carbocycles. The lowest BCUT2D eigenvalue weighted by Crippen LogP contribution is -2.51. The summed E-state index contributed by atoms with van der Waals surface area (Å²) in [5.74, 6) is 0.760. The molecule has 3 aromatic carbocycles. The molecule has 1 aromatic heterocycles. The molecule has 1 amide bonds. The lowest BCUT2D eigenvalue weighted by molar-refractivity contribution is -0.133. The van der Waals surface area contributed by atoms with E-state index in [1.54, 1.807) is 17.0 Å². The molecule has 7 nitrogen and oxygen atoms in total. The number of benzene rings is 3. The fraction of sp³-hybridized carbons (Fsp3) is 0.250. The average molecular weight is 449 g/mol. The molecule has 1 aliphatic heterocycles. The number of aryl methyl sites for hydroxylation is 1. The standard InChI is InChI=1S/C24H24N4O3S/c1-18-25-22-8-4-5-9-23(22)28(18)17-24(29)26-12-14-27(15-13-26)32(30,31)21-11-10-19-6-2-3-7-20(19)16-21/h2-11,16H,12-15,17H2,1H3. The van der Waals surface area contributed by atoms with E-state index in [1.807, 2.05) is 66.1 Å². The van der Waals surface area contributed by atoms with Crippen molar-refractivity contribution in [1.82, 2.24) is 18.8 Å². The predicted molar refractivity (Wildman–Crippen MR) is 124 cm³/mol. The zero-order valence-electron chi connectivity index (χ0n) is 17.8. The van der Waals surface area contributed by atoms with Gasteiger partial charge in [-0.05, 0) is 42.0 Å². The molecular weight excluding hydrogens is 424 g/mol. The summed E-state index contributed by atoms with van der Waals surface area (Å²) < 4.78 is 29.7. The highest BCUT2D eigenvalue weighted by Crippen LogP contribution is 2.23. The first-order chi connectivity index (χ1) is 15.4. The van der Waals surface area contributed by atoms with Gasteiger partial charge in [0.05, 0.1) is 15.9 Å². The summed E-state index contributed by atoms with van der Waals surface area (Å²) in [7, 11) is -3.61. The predicted octanol–water partition coefficient (Wildman–Crippen LogP) is 3.03. The molecule has 0 radical (unpaired) electrons. The number of fused-ring (bicyclic) bond motifs is 2. The first-order valence-corrected chi connectivity index (χ1v) is 12.1. The van der Waals surface area contributed by atoms with Gasteiger partial charge in [0.25, 0.3) is 0 Å². The van der Waals surface area contributed by atoms with Crippen LogP contribution in [0.5, 0.6) is 0 Å². The van der Waals surface area contributed by atoms with Crippen LogP contribution in [-0.2, 0) is 21.4 Å². The van der Waals surface area contributed by atoms with E-state index in [4.69, 9.17) is 0 Å². The molecule has 0 saturated carbocycles. The normalized spacial score (nSPS) is 15.5. The van der Waals surface area contributed by atoms with E-state index >= 15 is 0 Å². The highest BCUT2D eigenvalue weighted by molar-refractivity contribution is 7.89. The third kappa shape index (κ3) is 3.65. The van der Waals surface area contributed by atoms with Gasteiger partial charge >= 0.3 is 0 Å². The Kier molecular flexibility index (Phi) is 5.19. The zero-order chi connectivity index (χ0) is 22.3. The van der Waals surface area contributed by atoms with Gasteiger partial charge in [0.15, 0.2) is 0 Å². The number of aromatic nitrogens is 2. The van der Waals surface area contributed by atoms with Crippen molar-refractivity contribution in [2.45, 2.75) is 18.4 Å². The van der Waals surface area contributed by atoms with Gasteiger partial charge in [0.2, 0.25) is 15.9 Å². The number of imidazole rings is 1. The van der Waals surface area contributed by atoms with Crippen LogP contribution in [-0.4, -0.2) is 59.3 Å². The number of hydrogen-bond acceptors (Lipinski definition) is 4. The van der Waals surface area contributed by atoms with Gasteiger partial charge < -0.3 is 9.47 Å². The Morgan fingerprint density at radius 2 is 1.59 bits per heavy atom. The van der Waals surface area contributed by atoms with Gasteiger partial charge in [0, 0.05) is 26.2 Å². The fourth-order valence-electron chi connectivity index (χ4n) is 4.29. The third-order valence-electron chi connectivity index (χ3n) is 6.09.